The second-order valence-electron chi connectivity index (χ2n) is 5.41. The van der Waals surface area contributed by atoms with Crippen molar-refractivity contribution in [3.63, 3.8) is 0 Å². The van der Waals surface area contributed by atoms with Gasteiger partial charge < -0.3 is 10.5 Å². The molecule has 1 aliphatic carbocycles. The lowest BCUT2D eigenvalue weighted by molar-refractivity contribution is 0.0183. The number of fused-ring (bicyclic) bond motifs is 1. The first-order valence-electron chi connectivity index (χ1n) is 7.20. The zero-order chi connectivity index (χ0) is 13.0. The van der Waals surface area contributed by atoms with Crippen molar-refractivity contribution in [1.29, 1.82) is 0 Å². The van der Waals surface area contributed by atoms with Crippen molar-refractivity contribution in [2.45, 2.75) is 57.6 Å². The maximum Gasteiger partial charge on any atom is 0.0773 e. The van der Waals surface area contributed by atoms with Crippen LogP contribution in [-0.2, 0) is 4.74 Å². The van der Waals surface area contributed by atoms with Gasteiger partial charge in [-0.25, -0.2) is 0 Å². The second-order valence-corrected chi connectivity index (χ2v) is 5.41. The van der Waals surface area contributed by atoms with E-state index in [1.807, 2.05) is 0 Å². The van der Waals surface area contributed by atoms with Crippen molar-refractivity contribution >= 4 is 0 Å². The number of hydrogen-bond acceptors (Lipinski definition) is 2. The van der Waals surface area contributed by atoms with E-state index in [-0.39, 0.29) is 12.1 Å². The SMILES string of the molecule is CCCCCOC1CC(C)c2ccccc2C1N. The van der Waals surface area contributed by atoms with Gasteiger partial charge >= 0.3 is 0 Å². The number of unbranched alkanes of at least 4 members (excludes halogenated alkanes) is 2. The van der Waals surface area contributed by atoms with Crippen LogP contribution in [0.2, 0.25) is 0 Å². The molecule has 0 bridgehead atoms. The number of nitrogens with two attached hydrogens (primary N) is 1. The van der Waals surface area contributed by atoms with Crippen molar-refractivity contribution in [2.24, 2.45) is 5.73 Å². The van der Waals surface area contributed by atoms with Crippen LogP contribution in [-0.4, -0.2) is 12.7 Å². The van der Waals surface area contributed by atoms with Gasteiger partial charge in [0.2, 0.25) is 0 Å². The third kappa shape index (κ3) is 2.93. The summed E-state index contributed by atoms with van der Waals surface area (Å²) in [6, 6.07) is 8.57. The van der Waals surface area contributed by atoms with Crippen LogP contribution in [0.4, 0.5) is 0 Å². The molecular weight excluding hydrogens is 222 g/mol. The molecule has 0 aliphatic heterocycles. The summed E-state index contributed by atoms with van der Waals surface area (Å²) in [6.45, 7) is 5.33. The summed E-state index contributed by atoms with van der Waals surface area (Å²) in [7, 11) is 0. The van der Waals surface area contributed by atoms with Gasteiger partial charge in [-0.3, -0.25) is 0 Å². The van der Waals surface area contributed by atoms with Gasteiger partial charge in [0.15, 0.2) is 0 Å². The highest BCUT2D eigenvalue weighted by molar-refractivity contribution is 5.35. The first-order chi connectivity index (χ1) is 8.74. The van der Waals surface area contributed by atoms with Gasteiger partial charge in [-0.15, -0.1) is 0 Å². The molecule has 3 unspecified atom stereocenters. The zero-order valence-corrected chi connectivity index (χ0v) is 11.6. The van der Waals surface area contributed by atoms with Gasteiger partial charge in [-0.2, -0.15) is 0 Å². The van der Waals surface area contributed by atoms with Gasteiger partial charge in [0, 0.05) is 6.61 Å². The lowest BCUT2D eigenvalue weighted by atomic mass is 9.79. The molecule has 3 atom stereocenters. The average molecular weight is 247 g/mol. The largest absolute Gasteiger partial charge is 0.376 e. The fraction of sp³-hybridized carbons (Fsp3) is 0.625. The Labute approximate surface area is 111 Å². The van der Waals surface area contributed by atoms with Gasteiger partial charge in [0.25, 0.3) is 0 Å². The van der Waals surface area contributed by atoms with Crippen LogP contribution in [0.25, 0.3) is 0 Å². The minimum Gasteiger partial charge on any atom is -0.376 e. The minimum atomic E-state index is 0.0408. The van der Waals surface area contributed by atoms with Crippen molar-refractivity contribution < 1.29 is 4.74 Å². The fourth-order valence-electron chi connectivity index (χ4n) is 2.84. The molecule has 0 saturated heterocycles. The van der Waals surface area contributed by atoms with E-state index >= 15 is 0 Å². The van der Waals surface area contributed by atoms with E-state index in [9.17, 15) is 0 Å². The molecule has 0 amide bonds. The molecule has 2 rings (SSSR count). The highest BCUT2D eigenvalue weighted by Crippen LogP contribution is 2.37. The topological polar surface area (TPSA) is 35.2 Å². The number of benzene rings is 1. The first-order valence-corrected chi connectivity index (χ1v) is 7.20. The molecule has 2 N–H and O–H groups in total. The van der Waals surface area contributed by atoms with Crippen LogP contribution in [0.1, 0.15) is 62.6 Å². The Kier molecular flexibility index (Phi) is 4.79. The third-order valence-electron chi connectivity index (χ3n) is 3.95. The Bertz CT molecular complexity index is 377. The smallest absolute Gasteiger partial charge is 0.0773 e. The van der Waals surface area contributed by atoms with Crippen LogP contribution < -0.4 is 5.73 Å². The minimum absolute atomic E-state index is 0.0408. The molecule has 18 heavy (non-hydrogen) atoms. The van der Waals surface area contributed by atoms with E-state index in [2.05, 4.69) is 38.1 Å². The van der Waals surface area contributed by atoms with Crippen LogP contribution in [0.3, 0.4) is 0 Å². The fourth-order valence-corrected chi connectivity index (χ4v) is 2.84. The molecular formula is C16H25NO. The highest BCUT2D eigenvalue weighted by Gasteiger charge is 2.30. The molecule has 2 nitrogen and oxygen atoms in total. The molecule has 0 fully saturated rings. The summed E-state index contributed by atoms with van der Waals surface area (Å²) < 4.78 is 6.00. The van der Waals surface area contributed by atoms with Crippen molar-refractivity contribution in [3.8, 4) is 0 Å². The lowest BCUT2D eigenvalue weighted by Crippen LogP contribution is -2.35. The Morgan fingerprint density at radius 3 is 2.67 bits per heavy atom. The van der Waals surface area contributed by atoms with Crippen molar-refractivity contribution in [3.05, 3.63) is 35.4 Å². The summed E-state index contributed by atoms with van der Waals surface area (Å²) in [5.41, 5.74) is 9.02. The molecule has 0 aromatic heterocycles. The summed E-state index contributed by atoms with van der Waals surface area (Å²) in [6.07, 6.45) is 4.86. The standard InChI is InChI=1S/C16H25NO/c1-3-4-7-10-18-15-11-12(2)13-8-5-6-9-14(13)16(15)17/h5-6,8-9,12,15-16H,3-4,7,10-11,17H2,1-2H3. The quantitative estimate of drug-likeness (QED) is 0.804. The molecule has 0 spiro atoms. The van der Waals surface area contributed by atoms with Crippen LogP contribution in [0.5, 0.6) is 0 Å². The van der Waals surface area contributed by atoms with E-state index in [0.29, 0.717) is 5.92 Å². The maximum absolute atomic E-state index is 6.34. The van der Waals surface area contributed by atoms with Gasteiger partial charge in [0.1, 0.15) is 0 Å². The Hall–Kier alpha value is -0.860. The van der Waals surface area contributed by atoms with Crippen LogP contribution in [0.15, 0.2) is 24.3 Å². The van der Waals surface area contributed by atoms with E-state index in [1.165, 1.54) is 24.0 Å². The van der Waals surface area contributed by atoms with Gasteiger partial charge in [-0.05, 0) is 29.9 Å². The van der Waals surface area contributed by atoms with Crippen LogP contribution >= 0.6 is 0 Å². The van der Waals surface area contributed by atoms with E-state index in [1.54, 1.807) is 0 Å². The normalized spacial score (nSPS) is 26.9. The number of rotatable bonds is 5. The van der Waals surface area contributed by atoms with Gasteiger partial charge in [0.05, 0.1) is 12.1 Å². The monoisotopic (exact) mass is 247 g/mol. The highest BCUT2D eigenvalue weighted by atomic mass is 16.5. The Balaban J connectivity index is 1.99. The van der Waals surface area contributed by atoms with Crippen molar-refractivity contribution in [2.75, 3.05) is 6.61 Å². The zero-order valence-electron chi connectivity index (χ0n) is 11.6. The predicted molar refractivity (Wildman–Crippen MR) is 75.7 cm³/mol. The molecule has 1 aliphatic rings. The van der Waals surface area contributed by atoms with E-state index in [0.717, 1.165) is 19.4 Å². The van der Waals surface area contributed by atoms with E-state index in [4.69, 9.17) is 10.5 Å². The molecule has 0 saturated carbocycles. The maximum atomic E-state index is 6.34. The van der Waals surface area contributed by atoms with E-state index < -0.39 is 0 Å². The molecule has 0 radical (unpaired) electrons. The summed E-state index contributed by atoms with van der Waals surface area (Å²) >= 11 is 0. The number of hydrogen-bond donors (Lipinski definition) is 1. The Morgan fingerprint density at radius 2 is 1.94 bits per heavy atom. The molecule has 1 aromatic rings. The van der Waals surface area contributed by atoms with Crippen molar-refractivity contribution in [1.82, 2.24) is 0 Å². The second kappa shape index (κ2) is 6.35. The Morgan fingerprint density at radius 1 is 1.22 bits per heavy atom. The third-order valence-corrected chi connectivity index (χ3v) is 3.95. The van der Waals surface area contributed by atoms with Gasteiger partial charge in [-0.1, -0.05) is 51.0 Å². The summed E-state index contributed by atoms with van der Waals surface area (Å²) in [5, 5.41) is 0. The average Bonchev–Trinajstić information content (AvgIpc) is 2.40. The molecule has 100 valence electrons. The molecule has 1 aromatic carbocycles. The predicted octanol–water partition coefficient (Wildman–Crippen LogP) is 3.77. The number of ether oxygens (including phenoxy) is 1. The molecule has 2 heteroatoms. The first kappa shape index (κ1) is 13.6. The molecule has 0 heterocycles. The summed E-state index contributed by atoms with van der Waals surface area (Å²) in [4.78, 5) is 0. The lowest BCUT2D eigenvalue weighted by Gasteiger charge is -2.34. The van der Waals surface area contributed by atoms with Crippen LogP contribution in [0, 0.1) is 0 Å². The summed E-state index contributed by atoms with van der Waals surface area (Å²) in [5.74, 6) is 0.553.